The summed E-state index contributed by atoms with van der Waals surface area (Å²) >= 11 is 0. The van der Waals surface area contributed by atoms with E-state index in [9.17, 15) is 9.59 Å². The molecule has 0 aromatic carbocycles. The molecule has 0 radical (unpaired) electrons. The van der Waals surface area contributed by atoms with Gasteiger partial charge in [0.15, 0.2) is 5.65 Å². The third kappa shape index (κ3) is 0.936. The van der Waals surface area contributed by atoms with Gasteiger partial charge in [-0.25, -0.2) is 9.78 Å². The lowest BCUT2D eigenvalue weighted by atomic mass is 10.3. The minimum Gasteiger partial charge on any atom is -0.463 e. The Kier molecular flexibility index (Phi) is 1.63. The van der Waals surface area contributed by atoms with Crippen molar-refractivity contribution in [2.75, 3.05) is 0 Å². The van der Waals surface area contributed by atoms with Crippen LogP contribution in [0.2, 0.25) is 0 Å². The van der Waals surface area contributed by atoms with Gasteiger partial charge in [0, 0.05) is 13.2 Å². The van der Waals surface area contributed by atoms with E-state index in [2.05, 4.69) is 4.98 Å². The SMILES string of the molecule is Cn1c2ncccc2c(=O)n1C(=O)O. The fraction of sp³-hybridized carbons (Fsp3) is 0.125. The average molecular weight is 193 g/mol. The summed E-state index contributed by atoms with van der Waals surface area (Å²) in [5.74, 6) is 0. The molecule has 14 heavy (non-hydrogen) atoms. The first-order chi connectivity index (χ1) is 6.63. The van der Waals surface area contributed by atoms with Gasteiger partial charge in [-0.3, -0.25) is 9.48 Å². The fourth-order valence-electron chi connectivity index (χ4n) is 1.38. The number of hydrogen-bond acceptors (Lipinski definition) is 3. The molecule has 2 rings (SSSR count). The summed E-state index contributed by atoms with van der Waals surface area (Å²) < 4.78 is 1.83. The zero-order valence-electron chi connectivity index (χ0n) is 7.34. The van der Waals surface area contributed by atoms with Crippen molar-refractivity contribution in [1.82, 2.24) is 14.3 Å². The Balaban J connectivity index is 3.00. The Bertz CT molecular complexity index is 567. The maximum atomic E-state index is 11.5. The third-order valence-electron chi connectivity index (χ3n) is 2.00. The molecule has 0 atom stereocenters. The van der Waals surface area contributed by atoms with Crippen LogP contribution >= 0.6 is 0 Å². The lowest BCUT2D eigenvalue weighted by molar-refractivity contribution is 0.188. The summed E-state index contributed by atoms with van der Waals surface area (Å²) in [5, 5.41) is 9.07. The first kappa shape index (κ1) is 8.49. The van der Waals surface area contributed by atoms with Gasteiger partial charge in [-0.1, -0.05) is 0 Å². The smallest absolute Gasteiger partial charge is 0.434 e. The summed E-state index contributed by atoms with van der Waals surface area (Å²) in [6, 6.07) is 3.14. The number of pyridine rings is 1. The monoisotopic (exact) mass is 193 g/mol. The van der Waals surface area contributed by atoms with Crippen molar-refractivity contribution in [3.8, 4) is 0 Å². The van der Waals surface area contributed by atoms with E-state index in [0.717, 1.165) is 0 Å². The highest BCUT2D eigenvalue weighted by atomic mass is 16.4. The molecule has 0 saturated heterocycles. The van der Waals surface area contributed by atoms with Gasteiger partial charge in [0.2, 0.25) is 0 Å². The fourth-order valence-corrected chi connectivity index (χ4v) is 1.38. The van der Waals surface area contributed by atoms with Gasteiger partial charge in [0.25, 0.3) is 5.56 Å². The zero-order chi connectivity index (χ0) is 10.3. The molecule has 0 aliphatic carbocycles. The molecule has 6 nitrogen and oxygen atoms in total. The Morgan fingerprint density at radius 1 is 1.57 bits per heavy atom. The van der Waals surface area contributed by atoms with Gasteiger partial charge in [-0.05, 0) is 12.1 Å². The second-order valence-corrected chi connectivity index (χ2v) is 2.80. The van der Waals surface area contributed by atoms with E-state index in [1.165, 1.54) is 17.9 Å². The van der Waals surface area contributed by atoms with Gasteiger partial charge in [0.1, 0.15) is 0 Å². The Hall–Kier alpha value is -2.11. The summed E-state index contributed by atoms with van der Waals surface area (Å²) in [4.78, 5) is 26.2. The molecule has 1 N–H and O–H groups in total. The van der Waals surface area contributed by atoms with E-state index in [0.29, 0.717) is 15.7 Å². The molecular formula is C8H7N3O3. The van der Waals surface area contributed by atoms with Crippen LogP contribution in [0.5, 0.6) is 0 Å². The molecule has 72 valence electrons. The molecule has 0 bridgehead atoms. The minimum absolute atomic E-state index is 0.303. The molecule has 0 spiro atoms. The highest BCUT2D eigenvalue weighted by molar-refractivity contribution is 5.79. The van der Waals surface area contributed by atoms with Crippen LogP contribution in [0.4, 0.5) is 4.79 Å². The van der Waals surface area contributed by atoms with Crippen molar-refractivity contribution in [3.63, 3.8) is 0 Å². The van der Waals surface area contributed by atoms with E-state index >= 15 is 0 Å². The van der Waals surface area contributed by atoms with Crippen molar-refractivity contribution in [2.45, 2.75) is 0 Å². The standard InChI is InChI=1S/C8H7N3O3/c1-10-6-5(3-2-4-9-6)7(12)11(10)8(13)14/h2-4H,1H3,(H,13,14). The maximum Gasteiger partial charge on any atom is 0.434 e. The molecule has 0 saturated carbocycles. The minimum atomic E-state index is -1.31. The summed E-state index contributed by atoms with van der Waals surface area (Å²) in [6.07, 6.45) is 0.198. The van der Waals surface area contributed by atoms with E-state index in [-0.39, 0.29) is 0 Å². The van der Waals surface area contributed by atoms with Gasteiger partial charge < -0.3 is 5.11 Å². The lowest BCUT2D eigenvalue weighted by Crippen LogP contribution is -2.27. The topological polar surface area (TPSA) is 77.1 Å². The number of aromatic nitrogens is 3. The van der Waals surface area contributed by atoms with Crippen LogP contribution in [0.25, 0.3) is 11.0 Å². The Labute approximate surface area is 78.0 Å². The van der Waals surface area contributed by atoms with Crippen LogP contribution in [0, 0.1) is 0 Å². The van der Waals surface area contributed by atoms with E-state index in [4.69, 9.17) is 5.11 Å². The van der Waals surface area contributed by atoms with Crippen molar-refractivity contribution in [2.24, 2.45) is 7.05 Å². The lowest BCUT2D eigenvalue weighted by Gasteiger charge is -1.98. The summed E-state index contributed by atoms with van der Waals surface area (Å²) in [7, 11) is 1.48. The molecule has 0 fully saturated rings. The maximum absolute atomic E-state index is 11.5. The number of fused-ring (bicyclic) bond motifs is 1. The molecule has 0 amide bonds. The highest BCUT2D eigenvalue weighted by Gasteiger charge is 2.15. The van der Waals surface area contributed by atoms with Crippen molar-refractivity contribution in [3.05, 3.63) is 28.7 Å². The largest absolute Gasteiger partial charge is 0.463 e. The number of hydrogen-bond donors (Lipinski definition) is 1. The van der Waals surface area contributed by atoms with Crippen LogP contribution in [0.15, 0.2) is 23.1 Å². The molecule has 0 unspecified atom stereocenters. The molecule has 2 heterocycles. The van der Waals surface area contributed by atoms with Crippen molar-refractivity contribution < 1.29 is 9.90 Å². The molecule has 2 aromatic rings. The number of nitrogens with zero attached hydrogens (tertiary/aromatic N) is 3. The first-order valence-corrected chi connectivity index (χ1v) is 3.89. The van der Waals surface area contributed by atoms with E-state index in [1.54, 1.807) is 12.1 Å². The number of rotatable bonds is 0. The summed E-state index contributed by atoms with van der Waals surface area (Å²) in [5.41, 5.74) is -0.206. The molecular weight excluding hydrogens is 186 g/mol. The second kappa shape index (κ2) is 2.69. The first-order valence-electron chi connectivity index (χ1n) is 3.89. The number of carbonyl (C=O) groups is 1. The van der Waals surface area contributed by atoms with E-state index < -0.39 is 11.7 Å². The highest BCUT2D eigenvalue weighted by Crippen LogP contribution is 2.05. The number of aryl methyl sites for hydroxylation is 1. The predicted octanol–water partition coefficient (Wildman–Crippen LogP) is 0.261. The third-order valence-corrected chi connectivity index (χ3v) is 2.00. The molecule has 0 aliphatic rings. The summed E-state index contributed by atoms with van der Waals surface area (Å²) in [6.45, 7) is 0. The molecule has 6 heteroatoms. The van der Waals surface area contributed by atoms with E-state index in [1.807, 2.05) is 0 Å². The van der Waals surface area contributed by atoms with Crippen molar-refractivity contribution in [1.29, 1.82) is 0 Å². The average Bonchev–Trinajstić information content (AvgIpc) is 2.41. The van der Waals surface area contributed by atoms with Crippen LogP contribution in [-0.4, -0.2) is 25.5 Å². The van der Waals surface area contributed by atoms with Gasteiger partial charge in [-0.2, -0.15) is 0 Å². The Morgan fingerprint density at radius 3 is 2.86 bits per heavy atom. The van der Waals surface area contributed by atoms with Gasteiger partial charge in [-0.15, -0.1) is 4.68 Å². The number of carboxylic acid groups (broad SMARTS) is 1. The van der Waals surface area contributed by atoms with Crippen LogP contribution in [0.3, 0.4) is 0 Å². The Morgan fingerprint density at radius 2 is 2.29 bits per heavy atom. The van der Waals surface area contributed by atoms with Crippen LogP contribution < -0.4 is 5.56 Å². The quantitative estimate of drug-likeness (QED) is 0.651. The normalized spacial score (nSPS) is 10.6. The predicted molar refractivity (Wildman–Crippen MR) is 48.4 cm³/mol. The van der Waals surface area contributed by atoms with Crippen LogP contribution in [0.1, 0.15) is 0 Å². The molecule has 2 aromatic heterocycles. The zero-order valence-corrected chi connectivity index (χ0v) is 7.34. The van der Waals surface area contributed by atoms with Gasteiger partial charge in [0.05, 0.1) is 5.39 Å². The van der Waals surface area contributed by atoms with Gasteiger partial charge >= 0.3 is 6.09 Å². The van der Waals surface area contributed by atoms with Crippen LogP contribution in [-0.2, 0) is 7.05 Å². The second-order valence-electron chi connectivity index (χ2n) is 2.80. The van der Waals surface area contributed by atoms with Crippen molar-refractivity contribution >= 4 is 17.1 Å². The molecule has 0 aliphatic heterocycles.